The minimum atomic E-state index is 1.06. The van der Waals surface area contributed by atoms with Crippen LogP contribution in [0.15, 0.2) is 57.5 Å². The molecule has 2 aromatic carbocycles. The molecule has 0 aliphatic rings. The van der Waals surface area contributed by atoms with Crippen molar-refractivity contribution in [3.63, 3.8) is 0 Å². The fourth-order valence-electron chi connectivity index (χ4n) is 1.27. The number of benzene rings is 2. The summed E-state index contributed by atoms with van der Waals surface area (Å²) in [5.41, 5.74) is 2.12. The number of hydrogen-bond donors (Lipinski definition) is 1. The molecule has 0 aromatic heterocycles. The maximum atomic E-state index is 3.50. The van der Waals surface area contributed by atoms with Crippen LogP contribution in [0.5, 0.6) is 0 Å². The zero-order valence-electron chi connectivity index (χ0n) is 7.87. The van der Waals surface area contributed by atoms with Crippen LogP contribution in [-0.2, 0) is 0 Å². The molecule has 0 heterocycles. The molecule has 0 saturated carbocycles. The Morgan fingerprint density at radius 1 is 0.667 bits per heavy atom. The molecule has 3 heteroatoms. The fraction of sp³-hybridized carbons (Fsp3) is 0. The fourth-order valence-corrected chi connectivity index (χ4v) is 2.04. The van der Waals surface area contributed by atoms with Crippen LogP contribution in [0.3, 0.4) is 0 Å². The number of anilines is 2. The van der Waals surface area contributed by atoms with E-state index in [4.69, 9.17) is 0 Å². The van der Waals surface area contributed by atoms with Crippen molar-refractivity contribution in [1.29, 1.82) is 0 Å². The number of nitrogens with one attached hydrogen (secondary N) is 1. The first kappa shape index (κ1) is 10.7. The van der Waals surface area contributed by atoms with Crippen LogP contribution < -0.4 is 5.32 Å². The quantitative estimate of drug-likeness (QED) is 0.822. The van der Waals surface area contributed by atoms with Gasteiger partial charge in [0.1, 0.15) is 0 Å². The summed E-state index contributed by atoms with van der Waals surface area (Å²) in [6.45, 7) is 0. The molecule has 15 heavy (non-hydrogen) atoms. The highest BCUT2D eigenvalue weighted by atomic mass is 79.9. The summed E-state index contributed by atoms with van der Waals surface area (Å²) in [6, 6.07) is 16.1. The van der Waals surface area contributed by atoms with Gasteiger partial charge in [-0.05, 0) is 56.1 Å². The highest BCUT2D eigenvalue weighted by molar-refractivity contribution is 9.11. The molecule has 0 saturated heterocycles. The predicted octanol–water partition coefficient (Wildman–Crippen LogP) is 4.96. The van der Waals surface area contributed by atoms with Crippen LogP contribution in [0, 0.1) is 0 Å². The van der Waals surface area contributed by atoms with Gasteiger partial charge in [0, 0.05) is 8.95 Å². The summed E-state index contributed by atoms with van der Waals surface area (Å²) in [5.74, 6) is 0. The van der Waals surface area contributed by atoms with Crippen molar-refractivity contribution in [2.45, 2.75) is 0 Å². The van der Waals surface area contributed by atoms with Crippen LogP contribution in [0.2, 0.25) is 0 Å². The van der Waals surface area contributed by atoms with E-state index >= 15 is 0 Å². The largest absolute Gasteiger partial charge is 0.354 e. The maximum Gasteiger partial charge on any atom is 0.0528 e. The van der Waals surface area contributed by atoms with Crippen molar-refractivity contribution in [3.8, 4) is 0 Å². The lowest BCUT2D eigenvalue weighted by Crippen LogP contribution is -1.91. The van der Waals surface area contributed by atoms with E-state index in [2.05, 4.69) is 37.2 Å². The Morgan fingerprint density at radius 2 is 1.07 bits per heavy atom. The van der Waals surface area contributed by atoms with Crippen molar-refractivity contribution in [2.24, 2.45) is 0 Å². The molecule has 0 amide bonds. The Bertz CT molecular complexity index is 425. The van der Waals surface area contributed by atoms with Gasteiger partial charge >= 0.3 is 0 Å². The molecule has 1 nitrogen and oxygen atoms in total. The van der Waals surface area contributed by atoms with Gasteiger partial charge in [0.25, 0.3) is 0 Å². The lowest BCUT2D eigenvalue weighted by molar-refractivity contribution is 1.50. The van der Waals surface area contributed by atoms with Gasteiger partial charge in [-0.15, -0.1) is 0 Å². The zero-order chi connectivity index (χ0) is 10.7. The number of hydrogen-bond acceptors (Lipinski definition) is 1. The molecule has 0 radical (unpaired) electrons. The molecule has 0 aliphatic heterocycles. The number of rotatable bonds is 2. The molecule has 0 unspecified atom stereocenters. The third-order valence-corrected chi connectivity index (χ3v) is 3.40. The predicted molar refractivity (Wildman–Crippen MR) is 71.6 cm³/mol. The van der Waals surface area contributed by atoms with E-state index in [1.807, 2.05) is 48.5 Å². The average molecular weight is 327 g/mol. The Morgan fingerprint density at radius 3 is 1.47 bits per heavy atom. The summed E-state index contributed by atoms with van der Waals surface area (Å²) in [7, 11) is 0. The second-order valence-electron chi connectivity index (χ2n) is 3.08. The molecule has 1 N–H and O–H groups in total. The van der Waals surface area contributed by atoms with E-state index in [0.29, 0.717) is 0 Å². The minimum Gasteiger partial charge on any atom is -0.354 e. The van der Waals surface area contributed by atoms with Crippen molar-refractivity contribution in [2.75, 3.05) is 5.32 Å². The number of para-hydroxylation sites is 2. The molecule has 2 aromatic rings. The van der Waals surface area contributed by atoms with Crippen molar-refractivity contribution in [1.82, 2.24) is 0 Å². The minimum absolute atomic E-state index is 1.06. The topological polar surface area (TPSA) is 12.0 Å². The van der Waals surface area contributed by atoms with Gasteiger partial charge in [-0.3, -0.25) is 0 Å². The van der Waals surface area contributed by atoms with E-state index in [-0.39, 0.29) is 0 Å². The van der Waals surface area contributed by atoms with Gasteiger partial charge in [0.2, 0.25) is 0 Å². The van der Waals surface area contributed by atoms with Gasteiger partial charge in [-0.25, -0.2) is 0 Å². The molecular weight excluding hydrogens is 318 g/mol. The average Bonchev–Trinajstić information content (AvgIpc) is 2.24. The molecule has 0 fully saturated rings. The van der Waals surface area contributed by atoms with Gasteiger partial charge in [0.15, 0.2) is 0 Å². The molecular formula is C12H9Br2N. The monoisotopic (exact) mass is 325 g/mol. The van der Waals surface area contributed by atoms with Crippen molar-refractivity contribution < 1.29 is 0 Å². The molecule has 0 bridgehead atoms. The summed E-state index contributed by atoms with van der Waals surface area (Å²) < 4.78 is 2.11. The summed E-state index contributed by atoms with van der Waals surface area (Å²) in [4.78, 5) is 0. The highest BCUT2D eigenvalue weighted by Crippen LogP contribution is 2.29. The summed E-state index contributed by atoms with van der Waals surface area (Å²) in [6.07, 6.45) is 0. The Labute approximate surface area is 106 Å². The smallest absolute Gasteiger partial charge is 0.0528 e. The van der Waals surface area contributed by atoms with E-state index in [1.54, 1.807) is 0 Å². The van der Waals surface area contributed by atoms with E-state index in [0.717, 1.165) is 20.3 Å². The van der Waals surface area contributed by atoms with Crippen LogP contribution in [0.1, 0.15) is 0 Å². The van der Waals surface area contributed by atoms with Gasteiger partial charge in [-0.1, -0.05) is 24.3 Å². The standard InChI is InChI=1S/C12H9Br2N/c13-9-5-1-3-7-11(9)15-12-8-4-2-6-10(12)14/h1-8,15H. The second-order valence-corrected chi connectivity index (χ2v) is 4.79. The van der Waals surface area contributed by atoms with E-state index < -0.39 is 0 Å². The van der Waals surface area contributed by atoms with Crippen LogP contribution >= 0.6 is 31.9 Å². The normalized spacial score (nSPS) is 10.0. The maximum absolute atomic E-state index is 3.50. The zero-order valence-corrected chi connectivity index (χ0v) is 11.0. The number of halogens is 2. The first-order chi connectivity index (χ1) is 7.27. The summed E-state index contributed by atoms with van der Waals surface area (Å²) in [5, 5.41) is 3.35. The van der Waals surface area contributed by atoms with Crippen molar-refractivity contribution in [3.05, 3.63) is 57.5 Å². The third-order valence-electron chi connectivity index (χ3n) is 2.02. The first-order valence-electron chi connectivity index (χ1n) is 4.53. The van der Waals surface area contributed by atoms with E-state index in [9.17, 15) is 0 Å². The Hall–Kier alpha value is -0.800. The van der Waals surface area contributed by atoms with Gasteiger partial charge in [0.05, 0.1) is 11.4 Å². The van der Waals surface area contributed by atoms with Crippen LogP contribution in [-0.4, -0.2) is 0 Å². The lowest BCUT2D eigenvalue weighted by Gasteiger charge is -2.09. The molecule has 76 valence electrons. The highest BCUT2D eigenvalue weighted by Gasteiger charge is 2.01. The second kappa shape index (κ2) is 4.81. The SMILES string of the molecule is Brc1ccccc1Nc1ccccc1Br. The van der Waals surface area contributed by atoms with Crippen LogP contribution in [0.25, 0.3) is 0 Å². The first-order valence-corrected chi connectivity index (χ1v) is 6.12. The van der Waals surface area contributed by atoms with Gasteiger partial charge in [-0.2, -0.15) is 0 Å². The molecule has 0 spiro atoms. The van der Waals surface area contributed by atoms with Crippen LogP contribution in [0.4, 0.5) is 11.4 Å². The van der Waals surface area contributed by atoms with E-state index in [1.165, 1.54) is 0 Å². The third kappa shape index (κ3) is 2.61. The summed E-state index contributed by atoms with van der Waals surface area (Å²) >= 11 is 7.00. The van der Waals surface area contributed by atoms with Crippen molar-refractivity contribution >= 4 is 43.2 Å². The van der Waals surface area contributed by atoms with Gasteiger partial charge < -0.3 is 5.32 Å². The lowest BCUT2D eigenvalue weighted by atomic mass is 10.3. The molecule has 0 aliphatic carbocycles. The Kier molecular flexibility index (Phi) is 3.44. The molecule has 0 atom stereocenters. The Balaban J connectivity index is 2.30. The molecule has 2 rings (SSSR count).